The first kappa shape index (κ1) is 18.7. The molecule has 0 radical (unpaired) electrons. The van der Waals surface area contributed by atoms with Gasteiger partial charge in [0.1, 0.15) is 11.8 Å². The van der Waals surface area contributed by atoms with Crippen LogP contribution >= 0.6 is 0 Å². The summed E-state index contributed by atoms with van der Waals surface area (Å²) in [6.45, 7) is 4.81. The summed E-state index contributed by atoms with van der Waals surface area (Å²) in [6, 6.07) is 4.72. The minimum absolute atomic E-state index is 0.469. The van der Waals surface area contributed by atoms with Crippen LogP contribution in [0.4, 0.5) is 13.2 Å². The molecule has 0 aromatic heterocycles. The van der Waals surface area contributed by atoms with Gasteiger partial charge in [0.05, 0.1) is 22.8 Å². The van der Waals surface area contributed by atoms with Crippen LogP contribution in [0.1, 0.15) is 26.3 Å². The van der Waals surface area contributed by atoms with E-state index in [1.165, 1.54) is 13.2 Å². The molecule has 7 heteroatoms. The lowest BCUT2D eigenvalue weighted by molar-refractivity contribution is -0.139. The number of para-hydroxylation sites is 1. The number of ether oxygens (including phenoxy) is 1. The second-order valence-corrected chi connectivity index (χ2v) is 7.62. The molecule has 0 spiro atoms. The Balaban J connectivity index is 3.00. The summed E-state index contributed by atoms with van der Waals surface area (Å²) in [5.41, 5.74) is 0.516. The summed E-state index contributed by atoms with van der Waals surface area (Å²) in [7, 11) is -0.386. The van der Waals surface area contributed by atoms with Crippen LogP contribution in [0.15, 0.2) is 30.3 Å². The van der Waals surface area contributed by atoms with E-state index in [0.29, 0.717) is 11.3 Å². The van der Waals surface area contributed by atoms with Gasteiger partial charge in [-0.15, -0.1) is 0 Å². The fourth-order valence-electron chi connectivity index (χ4n) is 1.51. The van der Waals surface area contributed by atoms with Gasteiger partial charge in [0.2, 0.25) is 0 Å². The lowest BCUT2D eigenvalue weighted by atomic mass is 10.1. The molecule has 3 nitrogen and oxygen atoms in total. The van der Waals surface area contributed by atoms with Gasteiger partial charge in [-0.25, -0.2) is 8.93 Å². The lowest BCUT2D eigenvalue weighted by Crippen LogP contribution is -2.46. The minimum Gasteiger partial charge on any atom is -0.496 e. The van der Waals surface area contributed by atoms with Crippen molar-refractivity contribution in [3.05, 3.63) is 35.9 Å². The Morgan fingerprint density at radius 2 is 1.82 bits per heavy atom. The van der Waals surface area contributed by atoms with Gasteiger partial charge in [0.25, 0.3) is 0 Å². The number of alkyl halides is 3. The maximum atomic E-state index is 13.1. The first-order valence-electron chi connectivity index (χ1n) is 6.61. The zero-order chi connectivity index (χ0) is 17.0. The summed E-state index contributed by atoms with van der Waals surface area (Å²) in [5, 5.41) is 0. The van der Waals surface area contributed by atoms with Gasteiger partial charge in [-0.2, -0.15) is 13.2 Å². The Bertz CT molecular complexity index is 550. The SMILES string of the molecule is COc1ccccc1/C=C/[C@@H](NS(=O)C(C)(C)C)C(F)(F)F. The first-order chi connectivity index (χ1) is 10.1. The highest BCUT2D eigenvalue weighted by Crippen LogP contribution is 2.25. The summed E-state index contributed by atoms with van der Waals surface area (Å²) in [5.74, 6) is 0.469. The number of rotatable bonds is 5. The monoisotopic (exact) mass is 335 g/mol. The molecule has 0 bridgehead atoms. The third-order valence-electron chi connectivity index (χ3n) is 2.75. The molecule has 1 rings (SSSR count). The standard InChI is InChI=1S/C15H20F3NO2S/c1-14(2,3)22(20)19-13(15(16,17)18)10-9-11-7-5-6-8-12(11)21-4/h5-10,13,19H,1-4H3/b10-9+/t13-,22?/m1/s1. The lowest BCUT2D eigenvalue weighted by Gasteiger charge is -2.24. The van der Waals surface area contributed by atoms with Crippen molar-refractivity contribution in [2.24, 2.45) is 0 Å². The van der Waals surface area contributed by atoms with Crippen LogP contribution in [0.3, 0.4) is 0 Å². The van der Waals surface area contributed by atoms with Crippen molar-refractivity contribution in [1.29, 1.82) is 0 Å². The van der Waals surface area contributed by atoms with Gasteiger partial charge in [0.15, 0.2) is 0 Å². The highest BCUT2D eigenvalue weighted by molar-refractivity contribution is 7.84. The van der Waals surface area contributed by atoms with E-state index < -0.39 is 28.0 Å². The predicted molar refractivity (Wildman–Crippen MR) is 82.9 cm³/mol. The molecule has 2 atom stereocenters. The van der Waals surface area contributed by atoms with E-state index in [2.05, 4.69) is 4.72 Å². The third-order valence-corrected chi connectivity index (χ3v) is 4.33. The molecule has 0 aliphatic carbocycles. The van der Waals surface area contributed by atoms with E-state index in [4.69, 9.17) is 4.74 Å². The van der Waals surface area contributed by atoms with Crippen LogP contribution in [0.25, 0.3) is 6.08 Å². The molecular formula is C15H20F3NO2S. The van der Waals surface area contributed by atoms with Gasteiger partial charge < -0.3 is 4.74 Å². The fourth-order valence-corrected chi connectivity index (χ4v) is 2.31. The van der Waals surface area contributed by atoms with Crippen LogP contribution in [-0.2, 0) is 11.0 Å². The van der Waals surface area contributed by atoms with E-state index >= 15 is 0 Å². The van der Waals surface area contributed by atoms with Crippen LogP contribution in [0.5, 0.6) is 5.75 Å². The van der Waals surface area contributed by atoms with Gasteiger partial charge in [0, 0.05) is 5.56 Å². The molecule has 124 valence electrons. The number of halogens is 3. The Morgan fingerprint density at radius 1 is 1.23 bits per heavy atom. The van der Waals surface area contributed by atoms with Crippen molar-refractivity contribution in [2.45, 2.75) is 37.7 Å². The highest BCUT2D eigenvalue weighted by atomic mass is 32.2. The van der Waals surface area contributed by atoms with E-state index in [-0.39, 0.29) is 0 Å². The van der Waals surface area contributed by atoms with Crippen LogP contribution in [0.2, 0.25) is 0 Å². The highest BCUT2D eigenvalue weighted by Gasteiger charge is 2.40. The van der Waals surface area contributed by atoms with E-state index in [9.17, 15) is 17.4 Å². The Kier molecular flexibility index (Phi) is 6.19. The van der Waals surface area contributed by atoms with Crippen LogP contribution in [0, 0.1) is 0 Å². The van der Waals surface area contributed by atoms with Crippen LogP contribution in [-0.4, -0.2) is 28.3 Å². The largest absolute Gasteiger partial charge is 0.496 e. The molecule has 0 saturated carbocycles. The van der Waals surface area contributed by atoms with Gasteiger partial charge in [-0.3, -0.25) is 0 Å². The summed E-state index contributed by atoms with van der Waals surface area (Å²) in [4.78, 5) is 0. The van der Waals surface area contributed by atoms with Crippen molar-refractivity contribution >= 4 is 17.1 Å². The second kappa shape index (κ2) is 7.28. The van der Waals surface area contributed by atoms with Crippen molar-refractivity contribution in [3.63, 3.8) is 0 Å². The molecule has 0 fully saturated rings. The minimum atomic E-state index is -4.54. The molecule has 0 saturated heterocycles. The molecule has 22 heavy (non-hydrogen) atoms. The number of hydrogen-bond acceptors (Lipinski definition) is 2. The quantitative estimate of drug-likeness (QED) is 0.891. The third kappa shape index (κ3) is 5.46. The van der Waals surface area contributed by atoms with Crippen LogP contribution < -0.4 is 9.46 Å². The second-order valence-electron chi connectivity index (χ2n) is 5.62. The molecule has 1 unspecified atom stereocenters. The van der Waals surface area contributed by atoms with Gasteiger partial charge >= 0.3 is 6.18 Å². The summed E-state index contributed by atoms with van der Waals surface area (Å²) in [6.07, 6.45) is -2.29. The molecular weight excluding hydrogens is 315 g/mol. The normalized spacial score (nSPS) is 15.8. The van der Waals surface area contributed by atoms with Crippen molar-refractivity contribution in [2.75, 3.05) is 7.11 Å². The number of nitrogens with one attached hydrogen (secondary N) is 1. The number of methoxy groups -OCH3 is 1. The van der Waals surface area contributed by atoms with Gasteiger partial charge in [-0.1, -0.05) is 30.4 Å². The number of hydrogen-bond donors (Lipinski definition) is 1. The Hall–Kier alpha value is -1.34. The average Bonchev–Trinajstić information content (AvgIpc) is 2.41. The smallest absolute Gasteiger partial charge is 0.408 e. The van der Waals surface area contributed by atoms with E-state index in [1.54, 1.807) is 45.0 Å². The fraction of sp³-hybridized carbons (Fsp3) is 0.467. The maximum Gasteiger partial charge on any atom is 0.408 e. The van der Waals surface area contributed by atoms with Crippen molar-refractivity contribution in [3.8, 4) is 5.75 Å². The first-order valence-corrected chi connectivity index (χ1v) is 7.76. The molecule has 1 aromatic rings. The topological polar surface area (TPSA) is 38.3 Å². The number of benzene rings is 1. The molecule has 0 amide bonds. The maximum absolute atomic E-state index is 13.1. The van der Waals surface area contributed by atoms with E-state index in [1.807, 2.05) is 0 Å². The molecule has 1 N–H and O–H groups in total. The molecule has 0 aliphatic heterocycles. The van der Waals surface area contributed by atoms with Gasteiger partial charge in [-0.05, 0) is 26.8 Å². The Morgan fingerprint density at radius 3 is 2.32 bits per heavy atom. The summed E-state index contributed by atoms with van der Waals surface area (Å²) >= 11 is 0. The Labute approximate surface area is 131 Å². The zero-order valence-electron chi connectivity index (χ0n) is 12.9. The summed E-state index contributed by atoms with van der Waals surface area (Å²) < 4.78 is 57.5. The van der Waals surface area contributed by atoms with Crippen molar-refractivity contribution in [1.82, 2.24) is 4.72 Å². The average molecular weight is 335 g/mol. The molecule has 1 aromatic carbocycles. The zero-order valence-corrected chi connectivity index (χ0v) is 13.7. The van der Waals surface area contributed by atoms with Crippen molar-refractivity contribution < 1.29 is 22.1 Å². The van der Waals surface area contributed by atoms with E-state index in [0.717, 1.165) is 6.08 Å². The molecule has 0 heterocycles. The predicted octanol–water partition coefficient (Wildman–Crippen LogP) is 3.69. The molecule has 0 aliphatic rings.